The van der Waals surface area contributed by atoms with E-state index in [1.165, 1.54) is 0 Å². The molecule has 0 heterocycles. The van der Waals surface area contributed by atoms with Gasteiger partial charge in [0.15, 0.2) is 5.96 Å². The summed E-state index contributed by atoms with van der Waals surface area (Å²) < 4.78 is 0. The molecule has 0 amide bonds. The average molecular weight is 258 g/mol. The second kappa shape index (κ2) is 10.1. The van der Waals surface area contributed by atoms with Crippen LogP contribution in [0.25, 0.3) is 0 Å². The van der Waals surface area contributed by atoms with Crippen molar-refractivity contribution in [2.45, 2.75) is 46.7 Å². The lowest BCUT2D eigenvalue weighted by Crippen LogP contribution is -2.41. The first-order chi connectivity index (χ1) is 8.52. The van der Waals surface area contributed by atoms with E-state index >= 15 is 0 Å². The number of nitrogens with zero attached hydrogens (tertiary/aromatic N) is 2. The predicted octanol–water partition coefficient (Wildman–Crippen LogP) is 0.653. The molecule has 0 aliphatic carbocycles. The Morgan fingerprint density at radius 2 is 1.78 bits per heavy atom. The van der Waals surface area contributed by atoms with Crippen molar-refractivity contribution in [3.63, 3.8) is 0 Å². The van der Waals surface area contributed by atoms with Crippen LogP contribution in [0.3, 0.4) is 0 Å². The molecule has 0 unspecified atom stereocenters. The number of hydrogen-bond donors (Lipinski definition) is 3. The first-order valence-electron chi connectivity index (χ1n) is 6.91. The van der Waals surface area contributed by atoms with E-state index in [0.717, 1.165) is 25.6 Å². The first kappa shape index (κ1) is 17.2. The van der Waals surface area contributed by atoms with Gasteiger partial charge in [0.05, 0.1) is 13.2 Å². The van der Waals surface area contributed by atoms with Crippen molar-refractivity contribution in [3.05, 3.63) is 0 Å². The summed E-state index contributed by atoms with van der Waals surface area (Å²) in [6, 6.07) is 1.07. The minimum Gasteiger partial charge on any atom is -0.395 e. The highest BCUT2D eigenvalue weighted by Gasteiger charge is 2.12. The Morgan fingerprint density at radius 3 is 2.22 bits per heavy atom. The predicted molar refractivity (Wildman–Crippen MR) is 78.0 cm³/mol. The molecular formula is C13H30N4O. The number of rotatable bonds is 8. The van der Waals surface area contributed by atoms with Gasteiger partial charge in [-0.25, -0.2) is 0 Å². The van der Waals surface area contributed by atoms with E-state index in [2.05, 4.69) is 48.2 Å². The number of nitrogens with one attached hydrogen (secondary N) is 2. The summed E-state index contributed by atoms with van der Waals surface area (Å²) in [4.78, 5) is 6.91. The number of aliphatic hydroxyl groups is 1. The third kappa shape index (κ3) is 7.50. The monoisotopic (exact) mass is 258 g/mol. The van der Waals surface area contributed by atoms with Gasteiger partial charge in [0.25, 0.3) is 0 Å². The Hall–Kier alpha value is -0.810. The van der Waals surface area contributed by atoms with Gasteiger partial charge in [-0.1, -0.05) is 0 Å². The minimum atomic E-state index is 0.120. The number of hydrogen-bond acceptors (Lipinski definition) is 3. The van der Waals surface area contributed by atoms with E-state index in [4.69, 9.17) is 5.11 Å². The first-order valence-corrected chi connectivity index (χ1v) is 6.91. The van der Waals surface area contributed by atoms with Gasteiger partial charge in [0.2, 0.25) is 0 Å². The fourth-order valence-electron chi connectivity index (χ4n) is 1.91. The van der Waals surface area contributed by atoms with Crippen LogP contribution in [-0.2, 0) is 0 Å². The molecule has 0 aromatic heterocycles. The lowest BCUT2D eigenvalue weighted by atomic mass is 10.2. The van der Waals surface area contributed by atoms with Crippen LogP contribution in [0, 0.1) is 0 Å². The lowest BCUT2D eigenvalue weighted by molar-refractivity contribution is 0.181. The molecule has 18 heavy (non-hydrogen) atoms. The third-order valence-corrected chi connectivity index (χ3v) is 2.70. The van der Waals surface area contributed by atoms with Crippen LogP contribution in [0.4, 0.5) is 0 Å². The zero-order valence-corrected chi connectivity index (χ0v) is 12.5. The van der Waals surface area contributed by atoms with Gasteiger partial charge in [-0.05, 0) is 34.6 Å². The SMILES string of the molecule is CCNC(=NCCN(C(C)C)C(C)C)NCCO. The molecule has 3 N–H and O–H groups in total. The molecule has 0 atom stereocenters. The largest absolute Gasteiger partial charge is 0.395 e. The van der Waals surface area contributed by atoms with E-state index in [1.54, 1.807) is 0 Å². The van der Waals surface area contributed by atoms with E-state index < -0.39 is 0 Å². The van der Waals surface area contributed by atoms with Gasteiger partial charge >= 0.3 is 0 Å². The minimum absolute atomic E-state index is 0.120. The van der Waals surface area contributed by atoms with E-state index in [0.29, 0.717) is 18.6 Å². The van der Waals surface area contributed by atoms with Crippen molar-refractivity contribution in [1.82, 2.24) is 15.5 Å². The second-order valence-corrected chi connectivity index (χ2v) is 4.84. The van der Waals surface area contributed by atoms with Crippen molar-refractivity contribution < 1.29 is 5.11 Å². The molecule has 0 aromatic carbocycles. The highest BCUT2D eigenvalue weighted by Crippen LogP contribution is 2.03. The molecule has 0 spiro atoms. The van der Waals surface area contributed by atoms with Gasteiger partial charge < -0.3 is 15.7 Å². The molecule has 0 aliphatic rings. The maximum absolute atomic E-state index is 8.79. The summed E-state index contributed by atoms with van der Waals surface area (Å²) in [6.07, 6.45) is 0. The Kier molecular flexibility index (Phi) is 9.69. The molecule has 0 radical (unpaired) electrons. The van der Waals surface area contributed by atoms with E-state index in [9.17, 15) is 0 Å². The lowest BCUT2D eigenvalue weighted by Gasteiger charge is -2.29. The molecule has 0 saturated carbocycles. The number of aliphatic imine (C=N–C) groups is 1. The van der Waals surface area contributed by atoms with Gasteiger partial charge in [0.1, 0.15) is 0 Å². The van der Waals surface area contributed by atoms with Gasteiger partial charge in [-0.3, -0.25) is 9.89 Å². The van der Waals surface area contributed by atoms with Gasteiger partial charge in [0, 0.05) is 31.7 Å². The van der Waals surface area contributed by atoms with Crippen molar-refractivity contribution in [2.75, 3.05) is 32.8 Å². The molecule has 0 aliphatic heterocycles. The summed E-state index contributed by atoms with van der Waals surface area (Å²) in [5.41, 5.74) is 0. The van der Waals surface area contributed by atoms with Crippen LogP contribution in [0.15, 0.2) is 4.99 Å². The maximum Gasteiger partial charge on any atom is 0.191 e. The fraction of sp³-hybridized carbons (Fsp3) is 0.923. The standard InChI is InChI=1S/C13H30N4O/c1-6-14-13(16-8-10-18)15-7-9-17(11(2)3)12(4)5/h11-12,18H,6-10H2,1-5H3,(H2,14,15,16). The fourth-order valence-corrected chi connectivity index (χ4v) is 1.91. The molecule has 5 nitrogen and oxygen atoms in total. The van der Waals surface area contributed by atoms with E-state index in [-0.39, 0.29) is 6.61 Å². The van der Waals surface area contributed by atoms with E-state index in [1.807, 2.05) is 6.92 Å². The molecule has 0 fully saturated rings. The molecule has 0 bridgehead atoms. The van der Waals surface area contributed by atoms with Crippen LogP contribution in [0.2, 0.25) is 0 Å². The zero-order chi connectivity index (χ0) is 14.0. The van der Waals surface area contributed by atoms with Crippen LogP contribution >= 0.6 is 0 Å². The summed E-state index contributed by atoms with van der Waals surface area (Å²) in [6.45, 7) is 14.1. The molecule has 108 valence electrons. The summed E-state index contributed by atoms with van der Waals surface area (Å²) >= 11 is 0. The summed E-state index contributed by atoms with van der Waals surface area (Å²) in [5, 5.41) is 15.0. The Morgan fingerprint density at radius 1 is 1.17 bits per heavy atom. The van der Waals surface area contributed by atoms with Crippen molar-refractivity contribution in [2.24, 2.45) is 4.99 Å². The van der Waals surface area contributed by atoms with Crippen molar-refractivity contribution >= 4 is 5.96 Å². The van der Waals surface area contributed by atoms with Crippen molar-refractivity contribution in [3.8, 4) is 0 Å². The Balaban J connectivity index is 4.20. The number of aliphatic hydroxyl groups excluding tert-OH is 1. The smallest absolute Gasteiger partial charge is 0.191 e. The summed E-state index contributed by atoms with van der Waals surface area (Å²) in [7, 11) is 0. The van der Waals surface area contributed by atoms with Crippen LogP contribution in [0.1, 0.15) is 34.6 Å². The topological polar surface area (TPSA) is 59.9 Å². The maximum atomic E-state index is 8.79. The van der Waals surface area contributed by atoms with Gasteiger partial charge in [-0.15, -0.1) is 0 Å². The van der Waals surface area contributed by atoms with Gasteiger partial charge in [-0.2, -0.15) is 0 Å². The zero-order valence-electron chi connectivity index (χ0n) is 12.5. The Bertz CT molecular complexity index is 221. The molecular weight excluding hydrogens is 228 g/mol. The average Bonchev–Trinajstić information content (AvgIpc) is 2.30. The molecule has 0 saturated heterocycles. The highest BCUT2D eigenvalue weighted by atomic mass is 16.3. The van der Waals surface area contributed by atoms with Crippen LogP contribution < -0.4 is 10.6 Å². The molecule has 0 aromatic rings. The second-order valence-electron chi connectivity index (χ2n) is 4.84. The quantitative estimate of drug-likeness (QED) is 0.442. The normalized spacial score (nSPS) is 12.6. The summed E-state index contributed by atoms with van der Waals surface area (Å²) in [5.74, 6) is 0.777. The third-order valence-electron chi connectivity index (χ3n) is 2.70. The van der Waals surface area contributed by atoms with Crippen LogP contribution in [0.5, 0.6) is 0 Å². The van der Waals surface area contributed by atoms with Crippen LogP contribution in [-0.4, -0.2) is 60.8 Å². The number of guanidine groups is 1. The molecule has 0 rings (SSSR count). The Labute approximate surface area is 112 Å². The highest BCUT2D eigenvalue weighted by molar-refractivity contribution is 5.79. The van der Waals surface area contributed by atoms with Crippen molar-refractivity contribution in [1.29, 1.82) is 0 Å². The molecule has 5 heteroatoms.